The second-order valence-electron chi connectivity index (χ2n) is 13.1. The minimum Gasteiger partial charge on any atom is -0.453 e. The Morgan fingerprint density at radius 1 is 0.936 bits per heavy atom. The second kappa shape index (κ2) is 16.5. The van der Waals surface area contributed by atoms with Gasteiger partial charge in [0, 0.05) is 43.5 Å². The Kier molecular flexibility index (Phi) is 13.6. The van der Waals surface area contributed by atoms with Crippen molar-refractivity contribution in [3.63, 3.8) is 0 Å². The fraction of sp³-hybridized carbons (Fsp3) is 0.581. The van der Waals surface area contributed by atoms with Gasteiger partial charge in [0.2, 0.25) is 5.91 Å². The number of aliphatic hydroxyl groups is 1. The van der Waals surface area contributed by atoms with E-state index in [4.69, 9.17) is 0 Å². The first kappa shape index (κ1) is 38.9. The van der Waals surface area contributed by atoms with Gasteiger partial charge in [-0.25, -0.2) is 23.4 Å². The number of rotatable bonds is 13. The number of hydrogen-bond donors (Lipinski definition) is 5. The van der Waals surface area contributed by atoms with Gasteiger partial charge >= 0.3 is 12.2 Å². The van der Waals surface area contributed by atoms with Gasteiger partial charge in [-0.15, -0.1) is 0 Å². The Morgan fingerprint density at radius 2 is 1.45 bits per heavy atom. The molecule has 2 aromatic rings. The number of nitrogens with one attached hydrogen (secondary N) is 4. The zero-order valence-electron chi connectivity index (χ0n) is 28.4. The van der Waals surface area contributed by atoms with Gasteiger partial charge in [0.15, 0.2) is 0 Å². The normalized spacial score (nSPS) is 13.7. The lowest BCUT2D eigenvalue weighted by atomic mass is 9.86. The van der Waals surface area contributed by atoms with Crippen LogP contribution in [0.2, 0.25) is 0 Å². The van der Waals surface area contributed by atoms with Gasteiger partial charge in [0.25, 0.3) is 5.91 Å². The summed E-state index contributed by atoms with van der Waals surface area (Å²) in [4.78, 5) is 50.2. The van der Waals surface area contributed by atoms with E-state index in [1.165, 1.54) is 0 Å². The van der Waals surface area contributed by atoms with E-state index in [1.807, 2.05) is 6.92 Å². The highest BCUT2D eigenvalue weighted by atomic mass is 19.1. The first-order valence-corrected chi connectivity index (χ1v) is 15.0. The highest BCUT2D eigenvalue weighted by Gasteiger charge is 2.36. The maximum Gasteiger partial charge on any atom is 0.407 e. The third-order valence-electron chi connectivity index (χ3n) is 7.11. The van der Waals surface area contributed by atoms with E-state index in [0.717, 1.165) is 31.4 Å². The number of benzene rings is 1. The van der Waals surface area contributed by atoms with E-state index in [0.29, 0.717) is 12.2 Å². The molecule has 0 bridgehead atoms. The summed E-state index contributed by atoms with van der Waals surface area (Å²) in [5, 5.41) is 23.7. The van der Waals surface area contributed by atoms with Crippen LogP contribution >= 0.6 is 0 Å². The number of aliphatic hydroxyl groups excluding tert-OH is 1. The quantitative estimate of drug-likeness (QED) is 0.201. The lowest BCUT2D eigenvalue weighted by molar-refractivity contribution is -0.132. The molecule has 3 atom stereocenters. The lowest BCUT2D eigenvalue weighted by Gasteiger charge is -2.33. The third kappa shape index (κ3) is 11.5. The zero-order valence-corrected chi connectivity index (χ0v) is 28.4. The van der Waals surface area contributed by atoms with Crippen molar-refractivity contribution in [3.8, 4) is 11.3 Å². The molecular weight excluding hydrogens is 620 g/mol. The number of aryl methyl sites for hydroxylation is 1. The van der Waals surface area contributed by atoms with Gasteiger partial charge in [-0.3, -0.25) is 19.7 Å². The van der Waals surface area contributed by atoms with Gasteiger partial charge in [-0.05, 0) is 36.0 Å². The molecular formula is C31H47F2N7O7. The number of methoxy groups -OCH3 is 2. The number of amides is 4. The van der Waals surface area contributed by atoms with E-state index in [-0.39, 0.29) is 12.1 Å². The number of hydrogen-bond acceptors (Lipinski definition) is 9. The summed E-state index contributed by atoms with van der Waals surface area (Å²) in [6.45, 7) is 11.4. The zero-order chi connectivity index (χ0) is 35.7. The third-order valence-corrected chi connectivity index (χ3v) is 7.11. The maximum atomic E-state index is 15.4. The van der Waals surface area contributed by atoms with E-state index < -0.39 is 83.3 Å². The Balaban J connectivity index is 2.35. The maximum absolute atomic E-state index is 15.4. The first-order chi connectivity index (χ1) is 21.8. The molecule has 262 valence electrons. The average Bonchev–Trinajstić information content (AvgIpc) is 3.47. The summed E-state index contributed by atoms with van der Waals surface area (Å²) in [6.07, 6.45) is -1.39. The van der Waals surface area contributed by atoms with E-state index in [2.05, 4.69) is 35.9 Å². The van der Waals surface area contributed by atoms with Crippen molar-refractivity contribution in [1.29, 1.82) is 0 Å². The molecule has 0 fully saturated rings. The molecule has 0 spiro atoms. The average molecular weight is 668 g/mol. The molecule has 0 saturated carbocycles. The number of carbonyl (C=O) groups is 4. The molecule has 0 aliphatic rings. The smallest absolute Gasteiger partial charge is 0.407 e. The van der Waals surface area contributed by atoms with Gasteiger partial charge in [0.05, 0.1) is 26.0 Å². The van der Waals surface area contributed by atoms with Gasteiger partial charge in [-0.2, -0.15) is 5.10 Å². The molecule has 4 amide bonds. The van der Waals surface area contributed by atoms with Crippen molar-refractivity contribution in [1.82, 2.24) is 36.2 Å². The standard InChI is InChI=1S/C31H47F2N7O7/c1-10-39-12-11-23(37-39)18-13-21(32)20(22(33)14-18)17-40(38-27(43)25(31(5,6)7)36-29(45)47-9)16-19(41)15-34-26(42)24(30(2,3)4)35-28(44)46-8/h11-14,19,24-25,41H,10,15-17H2,1-9H3,(H,34,42)(H,35,44)(H,36,45)(H,38,43)/t19-,24?,25-/m1/s1. The van der Waals surface area contributed by atoms with Crippen molar-refractivity contribution in [2.24, 2.45) is 10.8 Å². The van der Waals surface area contributed by atoms with Crippen LogP contribution in [0.5, 0.6) is 0 Å². The molecule has 0 saturated heterocycles. The first-order valence-electron chi connectivity index (χ1n) is 15.0. The molecule has 5 N–H and O–H groups in total. The van der Waals surface area contributed by atoms with Crippen LogP contribution in [0.3, 0.4) is 0 Å². The molecule has 0 aliphatic carbocycles. The summed E-state index contributed by atoms with van der Waals surface area (Å²) in [6, 6.07) is 1.68. The van der Waals surface area contributed by atoms with Crippen LogP contribution in [0.4, 0.5) is 18.4 Å². The fourth-order valence-corrected chi connectivity index (χ4v) is 4.50. The highest BCUT2D eigenvalue weighted by molar-refractivity contribution is 5.87. The molecule has 0 aliphatic heterocycles. The molecule has 16 heteroatoms. The summed E-state index contributed by atoms with van der Waals surface area (Å²) in [5.41, 5.74) is 1.14. The van der Waals surface area contributed by atoms with Crippen molar-refractivity contribution in [2.75, 3.05) is 27.3 Å². The molecule has 1 aromatic heterocycles. The Labute approximate surface area is 273 Å². The monoisotopic (exact) mass is 667 g/mol. The number of carbonyl (C=O) groups excluding carboxylic acids is 4. The van der Waals surface area contributed by atoms with Crippen LogP contribution in [0.15, 0.2) is 24.4 Å². The Morgan fingerprint density at radius 3 is 1.89 bits per heavy atom. The number of nitrogens with zero attached hydrogens (tertiary/aromatic N) is 3. The molecule has 1 heterocycles. The second-order valence-corrected chi connectivity index (χ2v) is 13.1. The minimum absolute atomic E-state index is 0.207. The van der Waals surface area contributed by atoms with Crippen LogP contribution in [0, 0.1) is 22.5 Å². The number of hydrazine groups is 1. The van der Waals surface area contributed by atoms with Crippen molar-refractivity contribution in [2.45, 2.75) is 79.7 Å². The van der Waals surface area contributed by atoms with E-state index in [1.54, 1.807) is 58.5 Å². The summed E-state index contributed by atoms with van der Waals surface area (Å²) in [7, 11) is 2.29. The molecule has 47 heavy (non-hydrogen) atoms. The van der Waals surface area contributed by atoms with E-state index >= 15 is 8.78 Å². The number of alkyl carbamates (subject to hydrolysis) is 2. The SMILES string of the molecule is CCn1ccc(-c2cc(F)c(CN(C[C@H](O)CNC(=O)C(NC(=O)OC)C(C)(C)C)NC(=O)[C@@H](NC(=O)OC)C(C)(C)C)c(F)c2)n1. The molecule has 0 radical (unpaired) electrons. The molecule has 14 nitrogen and oxygen atoms in total. The largest absolute Gasteiger partial charge is 0.453 e. The molecule has 1 aromatic carbocycles. The summed E-state index contributed by atoms with van der Waals surface area (Å²) >= 11 is 0. The van der Waals surface area contributed by atoms with Gasteiger partial charge in [-0.1, -0.05) is 41.5 Å². The van der Waals surface area contributed by atoms with Crippen LogP contribution in [0.1, 0.15) is 54.0 Å². The predicted molar refractivity (Wildman–Crippen MR) is 168 cm³/mol. The van der Waals surface area contributed by atoms with Crippen molar-refractivity contribution >= 4 is 24.0 Å². The minimum atomic E-state index is -1.37. The molecule has 1 unspecified atom stereocenters. The van der Waals surface area contributed by atoms with Crippen molar-refractivity contribution < 1.29 is 42.5 Å². The number of halogens is 2. The van der Waals surface area contributed by atoms with Crippen LogP contribution in [0.25, 0.3) is 11.3 Å². The van der Waals surface area contributed by atoms with Crippen LogP contribution in [-0.2, 0) is 32.2 Å². The summed E-state index contributed by atoms with van der Waals surface area (Å²) in [5.74, 6) is -3.22. The fourth-order valence-electron chi connectivity index (χ4n) is 4.50. The summed E-state index contributed by atoms with van der Waals surface area (Å²) < 4.78 is 41.7. The van der Waals surface area contributed by atoms with E-state index in [9.17, 15) is 24.3 Å². The van der Waals surface area contributed by atoms with Crippen LogP contribution in [-0.4, -0.2) is 89.4 Å². The highest BCUT2D eigenvalue weighted by Crippen LogP contribution is 2.25. The van der Waals surface area contributed by atoms with Gasteiger partial charge in [0.1, 0.15) is 23.7 Å². The predicted octanol–water partition coefficient (Wildman–Crippen LogP) is 2.70. The molecule has 2 rings (SSSR count). The van der Waals surface area contributed by atoms with Crippen molar-refractivity contribution in [3.05, 3.63) is 41.6 Å². The number of aromatic nitrogens is 2. The Bertz CT molecular complexity index is 1380. The lowest BCUT2D eigenvalue weighted by Crippen LogP contribution is -2.58. The van der Waals surface area contributed by atoms with Crippen LogP contribution < -0.4 is 21.4 Å². The number of ether oxygens (including phenoxy) is 2. The topological polar surface area (TPSA) is 176 Å². The Hall–Kier alpha value is -4.31. The van der Waals surface area contributed by atoms with Gasteiger partial charge < -0.3 is 30.5 Å².